The molecule has 0 radical (unpaired) electrons. The van der Waals surface area contributed by atoms with Gasteiger partial charge in [0, 0.05) is 17.4 Å². The molecule has 0 saturated carbocycles. The second-order valence-corrected chi connectivity index (χ2v) is 7.57. The van der Waals surface area contributed by atoms with E-state index in [1.807, 2.05) is 42.5 Å². The number of carbonyl (C=O) groups is 2. The Balaban J connectivity index is 1.65. The van der Waals surface area contributed by atoms with Crippen molar-refractivity contribution in [3.8, 4) is 0 Å². The van der Waals surface area contributed by atoms with Gasteiger partial charge in [0.1, 0.15) is 18.5 Å². The van der Waals surface area contributed by atoms with Gasteiger partial charge in [0.25, 0.3) is 0 Å². The maximum atomic E-state index is 13.9. The first-order valence-corrected chi connectivity index (χ1v) is 9.95. The van der Waals surface area contributed by atoms with Crippen molar-refractivity contribution in [2.45, 2.75) is 18.4 Å². The molecule has 1 saturated heterocycles. The van der Waals surface area contributed by atoms with Crippen LogP contribution in [0.3, 0.4) is 0 Å². The van der Waals surface area contributed by atoms with Crippen LogP contribution >= 0.6 is 11.6 Å². The zero-order chi connectivity index (χ0) is 21.1. The number of hydrogen-bond acceptors (Lipinski definition) is 3. The molecule has 1 fully saturated rings. The minimum Gasteiger partial charge on any atom is -0.446 e. The molecule has 4 nitrogen and oxygen atoms in total. The highest BCUT2D eigenvalue weighted by Gasteiger charge is 2.39. The zero-order valence-corrected chi connectivity index (χ0v) is 16.8. The molecule has 2 amide bonds. The first kappa shape index (κ1) is 20.1. The fraction of sp³-hybridized carbons (Fsp3) is 0.167. The predicted molar refractivity (Wildman–Crippen MR) is 112 cm³/mol. The van der Waals surface area contributed by atoms with Crippen LogP contribution in [0.4, 0.5) is 9.18 Å². The molecule has 2 atom stereocenters. The Hall–Kier alpha value is -3.18. The fourth-order valence-electron chi connectivity index (χ4n) is 3.74. The molecule has 0 unspecified atom stereocenters. The highest BCUT2D eigenvalue weighted by atomic mass is 35.5. The minimum atomic E-state index is -0.664. The summed E-state index contributed by atoms with van der Waals surface area (Å²) in [6.45, 7) is 0.111. The van der Waals surface area contributed by atoms with E-state index in [0.29, 0.717) is 10.6 Å². The molecule has 0 N–H and O–H groups in total. The fourth-order valence-corrected chi connectivity index (χ4v) is 3.86. The van der Waals surface area contributed by atoms with E-state index in [4.69, 9.17) is 16.3 Å². The molecule has 3 aromatic carbocycles. The lowest BCUT2D eigenvalue weighted by atomic mass is 9.88. The lowest BCUT2D eigenvalue weighted by Gasteiger charge is -2.24. The number of cyclic esters (lactones) is 1. The number of carbonyl (C=O) groups excluding carboxylic acids is 2. The molecule has 3 aromatic rings. The number of hydrogen-bond donors (Lipinski definition) is 0. The number of imide groups is 1. The third-order valence-electron chi connectivity index (χ3n) is 5.23. The van der Waals surface area contributed by atoms with E-state index in [1.54, 1.807) is 24.3 Å². The average Bonchev–Trinajstić information content (AvgIpc) is 3.15. The van der Waals surface area contributed by atoms with Gasteiger partial charge < -0.3 is 4.74 Å². The van der Waals surface area contributed by atoms with Crippen LogP contribution in [-0.4, -0.2) is 23.5 Å². The third kappa shape index (κ3) is 4.21. The summed E-state index contributed by atoms with van der Waals surface area (Å²) in [6.07, 6.45) is -0.674. The molecule has 0 aromatic heterocycles. The molecule has 1 aliphatic rings. The number of amides is 2. The van der Waals surface area contributed by atoms with Crippen molar-refractivity contribution in [3.05, 3.63) is 106 Å². The van der Waals surface area contributed by atoms with Crippen LogP contribution in [0.15, 0.2) is 78.9 Å². The zero-order valence-electron chi connectivity index (χ0n) is 16.0. The van der Waals surface area contributed by atoms with E-state index in [1.165, 1.54) is 12.1 Å². The lowest BCUT2D eigenvalue weighted by Crippen LogP contribution is -2.35. The maximum Gasteiger partial charge on any atom is 0.417 e. The van der Waals surface area contributed by atoms with E-state index < -0.39 is 18.1 Å². The van der Waals surface area contributed by atoms with Gasteiger partial charge in [-0.15, -0.1) is 0 Å². The van der Waals surface area contributed by atoms with Crippen molar-refractivity contribution in [2.75, 3.05) is 6.61 Å². The van der Waals surface area contributed by atoms with E-state index in [9.17, 15) is 14.0 Å². The standard InChI is InChI=1S/C24H19ClFNO3/c25-19-11-9-16(10-12-19)21(18-7-4-8-20(26)13-18)14-23(28)27-22(15-30-24(27)29)17-5-2-1-3-6-17/h1-13,21-22H,14-15H2/t21-,22+/m0/s1. The second kappa shape index (κ2) is 8.67. The summed E-state index contributed by atoms with van der Waals surface area (Å²) in [5, 5.41) is 0.565. The van der Waals surface area contributed by atoms with Gasteiger partial charge in [-0.1, -0.05) is 66.2 Å². The van der Waals surface area contributed by atoms with Gasteiger partial charge in [-0.3, -0.25) is 4.79 Å². The molecular weight excluding hydrogens is 405 g/mol. The van der Waals surface area contributed by atoms with Crippen LogP contribution in [0.25, 0.3) is 0 Å². The van der Waals surface area contributed by atoms with Gasteiger partial charge in [-0.2, -0.15) is 0 Å². The molecule has 4 rings (SSSR count). The molecule has 1 aliphatic heterocycles. The Labute approximate surface area is 178 Å². The monoisotopic (exact) mass is 423 g/mol. The Morgan fingerprint density at radius 1 is 1.03 bits per heavy atom. The van der Waals surface area contributed by atoms with Crippen molar-refractivity contribution in [1.82, 2.24) is 4.90 Å². The van der Waals surface area contributed by atoms with Crippen molar-refractivity contribution in [3.63, 3.8) is 0 Å². The lowest BCUT2D eigenvalue weighted by molar-refractivity contribution is -0.129. The summed E-state index contributed by atoms with van der Waals surface area (Å²) < 4.78 is 19.1. The molecule has 0 aliphatic carbocycles. The van der Waals surface area contributed by atoms with Crippen LogP contribution in [0, 0.1) is 5.82 Å². The minimum absolute atomic E-state index is 0.0104. The van der Waals surface area contributed by atoms with Crippen LogP contribution in [-0.2, 0) is 9.53 Å². The topological polar surface area (TPSA) is 46.6 Å². The third-order valence-corrected chi connectivity index (χ3v) is 5.48. The van der Waals surface area contributed by atoms with Crippen LogP contribution in [0.1, 0.15) is 35.1 Å². The Morgan fingerprint density at radius 2 is 1.77 bits per heavy atom. The van der Waals surface area contributed by atoms with E-state index in [2.05, 4.69) is 0 Å². The first-order chi connectivity index (χ1) is 14.5. The van der Waals surface area contributed by atoms with Crippen molar-refractivity contribution in [1.29, 1.82) is 0 Å². The molecule has 0 bridgehead atoms. The number of ether oxygens (including phenoxy) is 1. The number of benzene rings is 3. The molecule has 6 heteroatoms. The van der Waals surface area contributed by atoms with Crippen LogP contribution < -0.4 is 0 Å². The second-order valence-electron chi connectivity index (χ2n) is 7.13. The SMILES string of the molecule is O=C(C[C@@H](c1ccc(Cl)cc1)c1cccc(F)c1)N1C(=O)OC[C@@H]1c1ccccc1. The summed E-state index contributed by atoms with van der Waals surface area (Å²) in [5.74, 6) is -1.20. The summed E-state index contributed by atoms with van der Waals surface area (Å²) in [7, 11) is 0. The number of rotatable bonds is 5. The van der Waals surface area contributed by atoms with Gasteiger partial charge in [0.15, 0.2) is 0 Å². The first-order valence-electron chi connectivity index (χ1n) is 9.57. The van der Waals surface area contributed by atoms with Gasteiger partial charge in [0.2, 0.25) is 5.91 Å². The molecular formula is C24H19ClFNO3. The molecule has 30 heavy (non-hydrogen) atoms. The highest BCUT2D eigenvalue weighted by molar-refractivity contribution is 6.30. The Bertz CT molecular complexity index is 1060. The molecule has 152 valence electrons. The number of halogens is 2. The number of nitrogens with zero attached hydrogens (tertiary/aromatic N) is 1. The summed E-state index contributed by atoms with van der Waals surface area (Å²) in [5.41, 5.74) is 2.28. The quantitative estimate of drug-likeness (QED) is 0.527. The normalized spacial score (nSPS) is 16.9. The largest absolute Gasteiger partial charge is 0.446 e. The highest BCUT2D eigenvalue weighted by Crippen LogP contribution is 2.34. The molecule has 1 heterocycles. The summed E-state index contributed by atoms with van der Waals surface area (Å²) in [6, 6.07) is 22.0. The van der Waals surface area contributed by atoms with Gasteiger partial charge in [-0.05, 0) is 41.0 Å². The Kier molecular flexibility index (Phi) is 5.81. The van der Waals surface area contributed by atoms with Crippen molar-refractivity contribution < 1.29 is 18.7 Å². The summed E-state index contributed by atoms with van der Waals surface area (Å²) in [4.78, 5) is 26.8. The summed E-state index contributed by atoms with van der Waals surface area (Å²) >= 11 is 6.01. The van der Waals surface area contributed by atoms with E-state index in [0.717, 1.165) is 16.0 Å². The maximum absolute atomic E-state index is 13.9. The van der Waals surface area contributed by atoms with Crippen LogP contribution in [0.5, 0.6) is 0 Å². The average molecular weight is 424 g/mol. The van der Waals surface area contributed by atoms with Gasteiger partial charge in [-0.25, -0.2) is 14.1 Å². The van der Waals surface area contributed by atoms with Gasteiger partial charge >= 0.3 is 6.09 Å². The van der Waals surface area contributed by atoms with E-state index >= 15 is 0 Å². The van der Waals surface area contributed by atoms with Crippen LogP contribution in [0.2, 0.25) is 5.02 Å². The predicted octanol–water partition coefficient (Wildman–Crippen LogP) is 5.72. The van der Waals surface area contributed by atoms with Crippen molar-refractivity contribution in [2.24, 2.45) is 0 Å². The van der Waals surface area contributed by atoms with Gasteiger partial charge in [0.05, 0.1) is 0 Å². The van der Waals surface area contributed by atoms with Crippen molar-refractivity contribution >= 4 is 23.6 Å². The Morgan fingerprint density at radius 3 is 2.47 bits per heavy atom. The molecule has 0 spiro atoms. The van der Waals surface area contributed by atoms with E-state index in [-0.39, 0.29) is 24.8 Å². The smallest absolute Gasteiger partial charge is 0.417 e.